The van der Waals surface area contributed by atoms with Gasteiger partial charge in [0.05, 0.1) is 22.1 Å². The normalized spacial score (nSPS) is 12.1. The van der Waals surface area contributed by atoms with E-state index in [0.29, 0.717) is 0 Å². The molecule has 4 nitrogen and oxygen atoms in total. The minimum absolute atomic E-state index is 0.909. The molecule has 13 rings (SSSR count). The van der Waals surface area contributed by atoms with Crippen LogP contribution in [-0.4, -0.2) is 9.13 Å². The fraction of sp³-hybridized carbons (Fsp3) is 0. The van der Waals surface area contributed by atoms with Crippen molar-refractivity contribution in [3.05, 3.63) is 194 Å². The summed E-state index contributed by atoms with van der Waals surface area (Å²) in [4.78, 5) is 0. The summed E-state index contributed by atoms with van der Waals surface area (Å²) in [5, 5.41) is 9.39. The first-order valence-electron chi connectivity index (χ1n) is 19.8. The number of hydrogen-bond donors (Lipinski definition) is 0. The molecule has 4 aromatic heterocycles. The van der Waals surface area contributed by atoms with Crippen molar-refractivity contribution in [3.63, 3.8) is 0 Å². The first kappa shape index (κ1) is 31.4. The van der Waals surface area contributed by atoms with E-state index in [-0.39, 0.29) is 0 Å². The molecule has 0 saturated heterocycles. The van der Waals surface area contributed by atoms with E-state index in [0.717, 1.165) is 88.5 Å². The number of aromatic nitrogens is 2. The van der Waals surface area contributed by atoms with Gasteiger partial charge >= 0.3 is 0 Å². The topological polar surface area (TPSA) is 36.1 Å². The lowest BCUT2D eigenvalue weighted by atomic mass is 10.0. The molecule has 0 aliphatic rings. The van der Waals surface area contributed by atoms with Gasteiger partial charge in [-0.15, -0.1) is 0 Å². The molecule has 0 saturated carbocycles. The molecule has 0 spiro atoms. The third-order valence-electron chi connectivity index (χ3n) is 12.1. The van der Waals surface area contributed by atoms with Crippen LogP contribution in [-0.2, 0) is 0 Å². The summed E-state index contributed by atoms with van der Waals surface area (Å²) in [6, 6.07) is 69.6. The maximum atomic E-state index is 6.47. The number of hydrogen-bond acceptors (Lipinski definition) is 2. The lowest BCUT2D eigenvalue weighted by molar-refractivity contribution is 0.669. The van der Waals surface area contributed by atoms with Crippen LogP contribution >= 0.6 is 0 Å². The van der Waals surface area contributed by atoms with Crippen LogP contribution in [0.1, 0.15) is 0 Å². The second kappa shape index (κ2) is 11.8. The third kappa shape index (κ3) is 4.40. The Morgan fingerprint density at radius 3 is 1.17 bits per heavy atom. The third-order valence-corrected chi connectivity index (χ3v) is 12.1. The van der Waals surface area contributed by atoms with Crippen molar-refractivity contribution in [1.29, 1.82) is 0 Å². The van der Waals surface area contributed by atoms with Gasteiger partial charge in [0.2, 0.25) is 0 Å². The number of nitrogens with zero attached hydrogens (tertiary/aromatic N) is 2. The minimum Gasteiger partial charge on any atom is -0.455 e. The van der Waals surface area contributed by atoms with Crippen molar-refractivity contribution in [2.24, 2.45) is 0 Å². The monoisotopic (exact) mass is 740 g/mol. The summed E-state index contributed by atoms with van der Waals surface area (Å²) in [5.74, 6) is 0. The molecule has 0 N–H and O–H groups in total. The molecule has 0 bridgehead atoms. The van der Waals surface area contributed by atoms with E-state index in [4.69, 9.17) is 8.83 Å². The van der Waals surface area contributed by atoms with E-state index < -0.39 is 0 Å². The van der Waals surface area contributed by atoms with E-state index in [9.17, 15) is 0 Å². The molecule has 9 aromatic carbocycles. The Balaban J connectivity index is 0.975. The van der Waals surface area contributed by atoms with Crippen LogP contribution in [0, 0.1) is 0 Å². The maximum Gasteiger partial charge on any atom is 0.143 e. The zero-order chi connectivity index (χ0) is 37.9. The van der Waals surface area contributed by atoms with Gasteiger partial charge in [-0.1, -0.05) is 127 Å². The standard InChI is InChI=1S/C54H32N2O2/c1-5-22-47-39(14-1)45-30-33(37-18-10-20-43-41-16-3-7-24-51(41)57-53(37)43)26-28-49(45)55(47)35-12-9-13-36(32-35)56-48-23-6-2-15-40(48)46-31-34(27-29-50(46)56)38-19-11-21-44-42-17-4-8-25-52(42)58-54(38)44/h1-32H. The summed E-state index contributed by atoms with van der Waals surface area (Å²) >= 11 is 0. The highest BCUT2D eigenvalue weighted by molar-refractivity contribution is 6.15. The summed E-state index contributed by atoms with van der Waals surface area (Å²) in [6.45, 7) is 0. The highest BCUT2D eigenvalue weighted by atomic mass is 16.3. The van der Waals surface area contributed by atoms with Crippen molar-refractivity contribution >= 4 is 87.5 Å². The number of fused-ring (bicyclic) bond motifs is 12. The molecule has 0 unspecified atom stereocenters. The van der Waals surface area contributed by atoms with Gasteiger partial charge in [0.15, 0.2) is 0 Å². The molecule has 0 radical (unpaired) electrons. The molecule has 0 aliphatic heterocycles. The molecule has 0 aliphatic carbocycles. The zero-order valence-corrected chi connectivity index (χ0v) is 31.2. The Morgan fingerprint density at radius 2 is 0.672 bits per heavy atom. The lowest BCUT2D eigenvalue weighted by Crippen LogP contribution is -1.98. The van der Waals surface area contributed by atoms with Crippen molar-refractivity contribution in [1.82, 2.24) is 9.13 Å². The highest BCUT2D eigenvalue weighted by Crippen LogP contribution is 2.42. The summed E-state index contributed by atoms with van der Waals surface area (Å²) in [6.07, 6.45) is 0. The molecule has 4 heterocycles. The number of rotatable bonds is 4. The zero-order valence-electron chi connectivity index (χ0n) is 31.2. The fourth-order valence-electron chi connectivity index (χ4n) is 9.56. The number of benzene rings is 9. The Morgan fingerprint density at radius 1 is 0.276 bits per heavy atom. The second-order valence-corrected chi connectivity index (χ2v) is 15.2. The molecule has 0 amide bonds. The highest BCUT2D eigenvalue weighted by Gasteiger charge is 2.19. The van der Waals surface area contributed by atoms with E-state index in [1.165, 1.54) is 32.6 Å². The first-order chi connectivity index (χ1) is 28.8. The summed E-state index contributed by atoms with van der Waals surface area (Å²) in [7, 11) is 0. The smallest absolute Gasteiger partial charge is 0.143 e. The molecular weight excluding hydrogens is 709 g/mol. The SMILES string of the molecule is c1cc(-n2c3ccccc3c3cc(-c4cccc5c4oc4ccccc45)ccc32)cc(-n2c3ccccc3c3cc(-c4cccc5c4oc4ccccc45)ccc32)c1. The summed E-state index contributed by atoms with van der Waals surface area (Å²) < 4.78 is 17.7. The van der Waals surface area contributed by atoms with E-state index in [1.54, 1.807) is 0 Å². The van der Waals surface area contributed by atoms with Crippen LogP contribution in [0.2, 0.25) is 0 Å². The van der Waals surface area contributed by atoms with Gasteiger partial charge in [-0.3, -0.25) is 0 Å². The van der Waals surface area contributed by atoms with Crippen molar-refractivity contribution in [2.75, 3.05) is 0 Å². The largest absolute Gasteiger partial charge is 0.455 e. The van der Waals surface area contributed by atoms with Gasteiger partial charge in [-0.05, 0) is 77.9 Å². The molecule has 270 valence electrons. The second-order valence-electron chi connectivity index (χ2n) is 15.2. The van der Waals surface area contributed by atoms with Gasteiger partial charge in [0, 0.05) is 65.6 Å². The first-order valence-corrected chi connectivity index (χ1v) is 19.8. The van der Waals surface area contributed by atoms with Crippen molar-refractivity contribution in [3.8, 4) is 33.6 Å². The lowest BCUT2D eigenvalue weighted by Gasteiger charge is -2.13. The summed E-state index contributed by atoms with van der Waals surface area (Å²) in [5.41, 5.74) is 15.0. The van der Waals surface area contributed by atoms with Gasteiger partial charge in [0.25, 0.3) is 0 Å². The quantitative estimate of drug-likeness (QED) is 0.180. The van der Waals surface area contributed by atoms with Gasteiger partial charge in [-0.25, -0.2) is 0 Å². The maximum absolute atomic E-state index is 6.47. The van der Waals surface area contributed by atoms with Gasteiger partial charge < -0.3 is 18.0 Å². The molecule has 0 fully saturated rings. The fourth-order valence-corrected chi connectivity index (χ4v) is 9.56. The van der Waals surface area contributed by atoms with Crippen molar-refractivity contribution in [2.45, 2.75) is 0 Å². The Hall–Kier alpha value is -7.82. The van der Waals surface area contributed by atoms with Crippen LogP contribution in [0.5, 0.6) is 0 Å². The van der Waals surface area contributed by atoms with Crippen LogP contribution in [0.25, 0.3) is 121 Å². The molecule has 0 atom stereocenters. The Kier molecular flexibility index (Phi) is 6.41. The van der Waals surface area contributed by atoms with E-state index in [1.807, 2.05) is 24.3 Å². The van der Waals surface area contributed by atoms with Crippen LogP contribution in [0.4, 0.5) is 0 Å². The van der Waals surface area contributed by atoms with Crippen LogP contribution in [0.3, 0.4) is 0 Å². The minimum atomic E-state index is 0.909. The average molecular weight is 741 g/mol. The average Bonchev–Trinajstić information content (AvgIpc) is 4.04. The van der Waals surface area contributed by atoms with Gasteiger partial charge in [0.1, 0.15) is 22.3 Å². The Bertz CT molecular complexity index is 3570. The predicted octanol–water partition coefficient (Wildman–Crippen LogP) is 15.0. The predicted molar refractivity (Wildman–Crippen MR) is 241 cm³/mol. The van der Waals surface area contributed by atoms with Crippen LogP contribution < -0.4 is 0 Å². The number of para-hydroxylation sites is 6. The number of furan rings is 2. The molecule has 4 heteroatoms. The molecular formula is C54H32N2O2. The van der Waals surface area contributed by atoms with Crippen molar-refractivity contribution < 1.29 is 8.83 Å². The molecule has 58 heavy (non-hydrogen) atoms. The van der Waals surface area contributed by atoms with Crippen LogP contribution in [0.15, 0.2) is 203 Å². The van der Waals surface area contributed by atoms with E-state index in [2.05, 4.69) is 179 Å². The van der Waals surface area contributed by atoms with Gasteiger partial charge in [-0.2, -0.15) is 0 Å². The Labute approximate surface area is 332 Å². The molecule has 13 aromatic rings. The van der Waals surface area contributed by atoms with E-state index >= 15 is 0 Å².